The second-order valence-corrected chi connectivity index (χ2v) is 15.9. The van der Waals surface area contributed by atoms with Gasteiger partial charge in [-0.1, -0.05) is 140 Å². The summed E-state index contributed by atoms with van der Waals surface area (Å²) in [5, 5.41) is 7.27. The van der Waals surface area contributed by atoms with Gasteiger partial charge in [0.2, 0.25) is 0 Å². The van der Waals surface area contributed by atoms with Crippen LogP contribution >= 0.6 is 11.3 Å². The molecule has 12 aromatic rings. The largest absolute Gasteiger partial charge is 0.456 e. The monoisotopic (exact) mass is 758 g/mol. The van der Waals surface area contributed by atoms with Crippen molar-refractivity contribution in [2.75, 3.05) is 4.90 Å². The molecule has 12 rings (SSSR count). The molecule has 9 aromatic carbocycles. The van der Waals surface area contributed by atoms with Gasteiger partial charge in [0.05, 0.1) is 33.5 Å². The normalized spacial score (nSPS) is 11.8. The molecule has 272 valence electrons. The summed E-state index contributed by atoms with van der Waals surface area (Å²) in [4.78, 5) is 2.42. The molecular formula is C54H34N2OS. The highest BCUT2D eigenvalue weighted by atomic mass is 32.1. The van der Waals surface area contributed by atoms with E-state index in [1.165, 1.54) is 64.4 Å². The van der Waals surface area contributed by atoms with E-state index in [0.29, 0.717) is 0 Å². The first-order valence-electron chi connectivity index (χ1n) is 19.7. The zero-order valence-electron chi connectivity index (χ0n) is 31.3. The van der Waals surface area contributed by atoms with Crippen molar-refractivity contribution in [2.24, 2.45) is 0 Å². The number of thiophene rings is 1. The first-order valence-corrected chi connectivity index (χ1v) is 20.5. The lowest BCUT2D eigenvalue weighted by Crippen LogP contribution is -2.10. The zero-order valence-corrected chi connectivity index (χ0v) is 32.2. The van der Waals surface area contributed by atoms with Crippen molar-refractivity contribution >= 4 is 92.3 Å². The molecule has 0 radical (unpaired) electrons. The molecule has 0 spiro atoms. The van der Waals surface area contributed by atoms with Crippen molar-refractivity contribution in [1.82, 2.24) is 4.57 Å². The Balaban J connectivity index is 0.968. The van der Waals surface area contributed by atoms with E-state index in [4.69, 9.17) is 4.42 Å². The molecule has 3 nitrogen and oxygen atoms in total. The van der Waals surface area contributed by atoms with Crippen LogP contribution in [0.5, 0.6) is 0 Å². The van der Waals surface area contributed by atoms with Crippen molar-refractivity contribution in [3.63, 3.8) is 0 Å². The van der Waals surface area contributed by atoms with Crippen LogP contribution in [0.4, 0.5) is 17.1 Å². The van der Waals surface area contributed by atoms with E-state index in [1.54, 1.807) is 0 Å². The third kappa shape index (κ3) is 5.05. The van der Waals surface area contributed by atoms with Crippen LogP contribution in [0, 0.1) is 0 Å². The van der Waals surface area contributed by atoms with Crippen molar-refractivity contribution in [3.8, 4) is 27.9 Å². The number of furan rings is 1. The molecular weight excluding hydrogens is 725 g/mol. The molecule has 0 aliphatic heterocycles. The zero-order chi connectivity index (χ0) is 38.2. The van der Waals surface area contributed by atoms with Gasteiger partial charge in [-0.15, -0.1) is 11.3 Å². The lowest BCUT2D eigenvalue weighted by molar-refractivity contribution is 0.669. The van der Waals surface area contributed by atoms with E-state index in [-0.39, 0.29) is 0 Å². The second-order valence-electron chi connectivity index (χ2n) is 14.8. The molecule has 0 unspecified atom stereocenters. The summed E-state index contributed by atoms with van der Waals surface area (Å²) < 4.78 is 11.4. The summed E-state index contributed by atoms with van der Waals surface area (Å²) in [6.07, 6.45) is 0. The number of hydrogen-bond donors (Lipinski definition) is 0. The highest BCUT2D eigenvalue weighted by Gasteiger charge is 2.23. The van der Waals surface area contributed by atoms with E-state index < -0.39 is 0 Å². The molecule has 0 N–H and O–H groups in total. The van der Waals surface area contributed by atoms with Crippen molar-refractivity contribution in [3.05, 3.63) is 206 Å². The van der Waals surface area contributed by atoms with Crippen LogP contribution in [0.15, 0.2) is 211 Å². The third-order valence-corrected chi connectivity index (χ3v) is 12.8. The first kappa shape index (κ1) is 32.8. The van der Waals surface area contributed by atoms with Crippen LogP contribution in [0.2, 0.25) is 0 Å². The quantitative estimate of drug-likeness (QED) is 0.168. The third-order valence-electron chi connectivity index (χ3n) is 11.6. The fourth-order valence-electron chi connectivity index (χ4n) is 9.03. The topological polar surface area (TPSA) is 21.3 Å². The van der Waals surface area contributed by atoms with Crippen molar-refractivity contribution in [2.45, 2.75) is 0 Å². The summed E-state index contributed by atoms with van der Waals surface area (Å²) >= 11 is 1.84. The Morgan fingerprint density at radius 1 is 0.379 bits per heavy atom. The van der Waals surface area contributed by atoms with Gasteiger partial charge in [-0.25, -0.2) is 0 Å². The lowest BCUT2D eigenvalue weighted by Gasteiger charge is -2.27. The highest BCUT2D eigenvalue weighted by Crippen LogP contribution is 2.48. The molecule has 0 amide bonds. The Kier molecular flexibility index (Phi) is 7.40. The van der Waals surface area contributed by atoms with Gasteiger partial charge in [0.25, 0.3) is 0 Å². The average molecular weight is 759 g/mol. The van der Waals surface area contributed by atoms with E-state index in [2.05, 4.69) is 210 Å². The standard InChI is InChI=1S/C54H34N2OS/c1-6-18-44(56-45-19-7-2-14-40(45)41-15-3-8-20-46(41)56)39(13-1)37-29-27-35(28-30-37)36-31-33-38(34-32-36)55(47-21-11-24-50-53(47)42-16-4-9-23-49(42)57-50)48-22-12-26-52-54(48)43-17-5-10-25-51(43)58-52/h1-34H. The molecule has 4 heteroatoms. The number of fused-ring (bicyclic) bond motifs is 9. The fourth-order valence-corrected chi connectivity index (χ4v) is 10.2. The maximum atomic E-state index is 6.42. The van der Waals surface area contributed by atoms with Gasteiger partial charge in [-0.2, -0.15) is 0 Å². The number of nitrogens with zero attached hydrogens (tertiary/aromatic N) is 2. The van der Waals surface area contributed by atoms with Gasteiger partial charge in [0.1, 0.15) is 11.2 Å². The molecule has 0 atom stereocenters. The average Bonchev–Trinajstić information content (AvgIpc) is 3.97. The number of rotatable bonds is 6. The maximum absolute atomic E-state index is 6.42. The van der Waals surface area contributed by atoms with Gasteiger partial charge in [-0.3, -0.25) is 0 Å². The number of para-hydroxylation sites is 4. The SMILES string of the molecule is c1ccc(-n2c3ccccc3c3ccccc32)c(-c2ccc(-c3ccc(N(c4cccc5oc6ccccc6c45)c4cccc5sc6ccccc6c45)cc3)cc2)c1. The predicted molar refractivity (Wildman–Crippen MR) is 247 cm³/mol. The van der Waals surface area contributed by atoms with Crippen LogP contribution in [0.1, 0.15) is 0 Å². The minimum Gasteiger partial charge on any atom is -0.456 e. The molecule has 0 aliphatic rings. The fraction of sp³-hybridized carbons (Fsp3) is 0. The Bertz CT molecular complexity index is 3350. The molecule has 0 fully saturated rings. The molecule has 3 aromatic heterocycles. The molecule has 0 saturated heterocycles. The maximum Gasteiger partial charge on any atom is 0.137 e. The summed E-state index contributed by atoms with van der Waals surface area (Å²) in [6.45, 7) is 0. The van der Waals surface area contributed by atoms with E-state index in [9.17, 15) is 0 Å². The molecule has 3 heterocycles. The molecule has 0 saturated carbocycles. The van der Waals surface area contributed by atoms with Crippen LogP contribution in [-0.2, 0) is 0 Å². The van der Waals surface area contributed by atoms with Crippen LogP contribution in [0.3, 0.4) is 0 Å². The first-order chi connectivity index (χ1) is 28.8. The Labute approximate surface area is 338 Å². The Hall–Kier alpha value is -7.40. The molecule has 58 heavy (non-hydrogen) atoms. The van der Waals surface area contributed by atoms with E-state index in [1.807, 2.05) is 17.4 Å². The summed E-state index contributed by atoms with van der Waals surface area (Å²) in [7, 11) is 0. The smallest absolute Gasteiger partial charge is 0.137 e. The number of benzene rings is 9. The summed E-state index contributed by atoms with van der Waals surface area (Å²) in [5.41, 5.74) is 13.4. The van der Waals surface area contributed by atoms with Gasteiger partial charge in [-0.05, 0) is 83.4 Å². The molecule has 0 aliphatic carbocycles. The van der Waals surface area contributed by atoms with E-state index >= 15 is 0 Å². The second kappa shape index (κ2) is 13.1. The number of anilines is 3. The van der Waals surface area contributed by atoms with Crippen LogP contribution < -0.4 is 4.90 Å². The Morgan fingerprint density at radius 2 is 0.914 bits per heavy atom. The number of hydrogen-bond acceptors (Lipinski definition) is 3. The van der Waals surface area contributed by atoms with Crippen LogP contribution in [-0.4, -0.2) is 4.57 Å². The van der Waals surface area contributed by atoms with E-state index in [0.717, 1.165) is 44.6 Å². The Morgan fingerprint density at radius 3 is 1.67 bits per heavy atom. The highest BCUT2D eigenvalue weighted by molar-refractivity contribution is 7.26. The minimum absolute atomic E-state index is 0.877. The predicted octanol–water partition coefficient (Wildman–Crippen LogP) is 15.9. The van der Waals surface area contributed by atoms with Crippen molar-refractivity contribution in [1.29, 1.82) is 0 Å². The number of aromatic nitrogens is 1. The van der Waals surface area contributed by atoms with Crippen molar-refractivity contribution < 1.29 is 4.42 Å². The van der Waals surface area contributed by atoms with Gasteiger partial charge >= 0.3 is 0 Å². The lowest BCUT2D eigenvalue weighted by atomic mass is 9.98. The van der Waals surface area contributed by atoms with Crippen LogP contribution in [0.25, 0.3) is 91.9 Å². The minimum atomic E-state index is 0.877. The molecule has 0 bridgehead atoms. The van der Waals surface area contributed by atoms with Gasteiger partial charge < -0.3 is 13.9 Å². The summed E-state index contributed by atoms with van der Waals surface area (Å²) in [5.74, 6) is 0. The van der Waals surface area contributed by atoms with Gasteiger partial charge in [0, 0.05) is 47.6 Å². The summed E-state index contributed by atoms with van der Waals surface area (Å²) in [6, 6.07) is 74.4. The van der Waals surface area contributed by atoms with Gasteiger partial charge in [0.15, 0.2) is 0 Å².